The Morgan fingerprint density at radius 3 is 2.50 bits per heavy atom. The normalized spacial score (nSPS) is 23.8. The third kappa shape index (κ3) is 2.22. The minimum atomic E-state index is -3.01. The van der Waals surface area contributed by atoms with Crippen LogP contribution in [0, 0.1) is 0 Å². The van der Waals surface area contributed by atoms with Gasteiger partial charge in [-0.25, -0.2) is 13.2 Å². The predicted molar refractivity (Wildman–Crippen MR) is 72.6 cm³/mol. The summed E-state index contributed by atoms with van der Waals surface area (Å²) >= 11 is 0. The van der Waals surface area contributed by atoms with Gasteiger partial charge in [0.15, 0.2) is 9.84 Å². The molecule has 6 nitrogen and oxygen atoms in total. The van der Waals surface area contributed by atoms with E-state index in [4.69, 9.17) is 4.74 Å². The topological polar surface area (TPSA) is 83.9 Å². The van der Waals surface area contributed by atoms with E-state index in [0.29, 0.717) is 18.5 Å². The van der Waals surface area contributed by atoms with E-state index in [1.807, 2.05) is 0 Å². The van der Waals surface area contributed by atoms with Crippen molar-refractivity contribution >= 4 is 21.6 Å². The van der Waals surface area contributed by atoms with Gasteiger partial charge in [-0.3, -0.25) is 4.90 Å². The monoisotopic (exact) mass is 297 g/mol. The number of phenolic OH excluding ortho intramolecular Hbond substituents is 1. The average Bonchev–Trinajstić information content (AvgIpc) is 2.72. The number of aromatic hydroxyl groups is 1. The van der Waals surface area contributed by atoms with Crippen LogP contribution in [0.2, 0.25) is 0 Å². The molecular weight excluding hydrogens is 282 g/mol. The molecule has 2 saturated heterocycles. The van der Waals surface area contributed by atoms with Gasteiger partial charge in [0.25, 0.3) is 0 Å². The van der Waals surface area contributed by atoms with Gasteiger partial charge in [0.1, 0.15) is 11.4 Å². The number of rotatable bonds is 1. The van der Waals surface area contributed by atoms with E-state index in [1.54, 1.807) is 18.2 Å². The number of benzene rings is 1. The van der Waals surface area contributed by atoms with E-state index in [2.05, 4.69) is 0 Å². The summed E-state index contributed by atoms with van der Waals surface area (Å²) in [5, 5.41) is 9.81. The molecule has 3 rings (SSSR count). The average molecular weight is 297 g/mol. The zero-order valence-corrected chi connectivity index (χ0v) is 11.6. The summed E-state index contributed by atoms with van der Waals surface area (Å²) in [6.45, 7) is 0.277. The molecule has 2 aliphatic rings. The van der Waals surface area contributed by atoms with Crippen molar-refractivity contribution in [2.45, 2.75) is 18.4 Å². The second-order valence-corrected chi connectivity index (χ2v) is 7.58. The van der Waals surface area contributed by atoms with E-state index in [-0.39, 0.29) is 23.8 Å². The molecule has 20 heavy (non-hydrogen) atoms. The van der Waals surface area contributed by atoms with E-state index in [9.17, 15) is 18.3 Å². The fraction of sp³-hybridized carbons (Fsp3) is 0.462. The number of carbonyl (C=O) groups excluding carboxylic acids is 1. The standard InChI is InChI=1S/C13H15NO5S/c15-11-4-2-1-3-10(11)14-9-13(19-12(14)16)5-7-20(17,18)8-6-13/h1-4,15H,5-9H2. The van der Waals surface area contributed by atoms with Crippen molar-refractivity contribution in [2.24, 2.45) is 0 Å². The second kappa shape index (κ2) is 4.37. The molecule has 0 radical (unpaired) electrons. The van der Waals surface area contributed by atoms with Crippen LogP contribution in [0.25, 0.3) is 0 Å². The summed E-state index contributed by atoms with van der Waals surface area (Å²) in [7, 11) is -3.01. The molecule has 0 atom stereocenters. The zero-order valence-electron chi connectivity index (χ0n) is 10.8. The van der Waals surface area contributed by atoms with Gasteiger partial charge in [-0.05, 0) is 12.1 Å². The molecule has 1 spiro atoms. The number of sulfone groups is 1. The second-order valence-electron chi connectivity index (χ2n) is 5.28. The van der Waals surface area contributed by atoms with Crippen LogP contribution in [0.4, 0.5) is 10.5 Å². The first-order chi connectivity index (χ1) is 9.41. The highest BCUT2D eigenvalue weighted by Crippen LogP contribution is 2.38. The van der Waals surface area contributed by atoms with Crippen molar-refractivity contribution in [3.8, 4) is 5.75 Å². The van der Waals surface area contributed by atoms with Crippen molar-refractivity contribution in [2.75, 3.05) is 23.0 Å². The number of ether oxygens (including phenoxy) is 1. The number of nitrogens with zero attached hydrogens (tertiary/aromatic N) is 1. The highest BCUT2D eigenvalue weighted by atomic mass is 32.2. The minimum absolute atomic E-state index is 0.00457. The Balaban J connectivity index is 1.85. The molecular formula is C13H15NO5S. The quantitative estimate of drug-likeness (QED) is 0.844. The Kier molecular flexibility index (Phi) is 2.89. The number of amides is 1. The molecule has 108 valence electrons. The first kappa shape index (κ1) is 13.2. The summed E-state index contributed by atoms with van der Waals surface area (Å²) in [4.78, 5) is 13.4. The van der Waals surface area contributed by atoms with Crippen LogP contribution in [-0.2, 0) is 14.6 Å². The maximum atomic E-state index is 12.0. The Hall–Kier alpha value is -1.76. The van der Waals surface area contributed by atoms with E-state index >= 15 is 0 Å². The van der Waals surface area contributed by atoms with Gasteiger partial charge in [0.05, 0.1) is 23.7 Å². The van der Waals surface area contributed by atoms with Gasteiger partial charge < -0.3 is 9.84 Å². The minimum Gasteiger partial charge on any atom is -0.506 e. The molecule has 1 aromatic carbocycles. The lowest BCUT2D eigenvalue weighted by Crippen LogP contribution is -2.42. The van der Waals surface area contributed by atoms with Crippen LogP contribution in [0.15, 0.2) is 24.3 Å². The summed E-state index contributed by atoms with van der Waals surface area (Å²) < 4.78 is 28.4. The highest BCUT2D eigenvalue weighted by molar-refractivity contribution is 7.91. The number of phenols is 1. The Labute approximate surface area is 116 Å². The predicted octanol–water partition coefficient (Wildman–Crippen LogP) is 1.30. The fourth-order valence-electron chi connectivity index (χ4n) is 2.67. The SMILES string of the molecule is O=C1OC2(CCS(=O)(=O)CC2)CN1c1ccccc1O. The molecule has 1 amide bonds. The molecule has 2 fully saturated rings. The first-order valence-electron chi connectivity index (χ1n) is 6.40. The molecule has 0 aliphatic carbocycles. The number of hydrogen-bond acceptors (Lipinski definition) is 5. The van der Waals surface area contributed by atoms with Crippen LogP contribution in [-0.4, -0.2) is 43.3 Å². The smallest absolute Gasteiger partial charge is 0.415 e. The maximum absolute atomic E-state index is 12.0. The zero-order chi connectivity index (χ0) is 14.4. The number of hydrogen-bond donors (Lipinski definition) is 1. The number of para-hydroxylation sites is 2. The summed E-state index contributed by atoms with van der Waals surface area (Å²) in [5.74, 6) is 0.0778. The lowest BCUT2D eigenvalue weighted by Gasteiger charge is -2.30. The Morgan fingerprint density at radius 1 is 1.20 bits per heavy atom. The van der Waals surface area contributed by atoms with Gasteiger partial charge in [0.2, 0.25) is 0 Å². The van der Waals surface area contributed by atoms with Crippen LogP contribution < -0.4 is 4.90 Å². The summed E-state index contributed by atoms with van der Waals surface area (Å²) in [5.41, 5.74) is -0.354. The fourth-order valence-corrected chi connectivity index (χ4v) is 4.24. The van der Waals surface area contributed by atoms with Crippen molar-refractivity contribution in [3.05, 3.63) is 24.3 Å². The van der Waals surface area contributed by atoms with Crippen molar-refractivity contribution < 1.29 is 23.1 Å². The molecule has 2 aliphatic heterocycles. The molecule has 0 bridgehead atoms. The van der Waals surface area contributed by atoms with E-state index in [0.717, 1.165) is 0 Å². The van der Waals surface area contributed by atoms with Gasteiger partial charge in [-0.1, -0.05) is 12.1 Å². The number of anilines is 1. The lowest BCUT2D eigenvalue weighted by molar-refractivity contribution is 0.0487. The largest absolute Gasteiger partial charge is 0.506 e. The summed E-state index contributed by atoms with van der Waals surface area (Å²) in [6.07, 6.45) is 0.0851. The van der Waals surface area contributed by atoms with Crippen molar-refractivity contribution in [1.82, 2.24) is 0 Å². The molecule has 0 aromatic heterocycles. The van der Waals surface area contributed by atoms with Gasteiger partial charge >= 0.3 is 6.09 Å². The summed E-state index contributed by atoms with van der Waals surface area (Å²) in [6, 6.07) is 6.52. The van der Waals surface area contributed by atoms with Crippen LogP contribution >= 0.6 is 0 Å². The molecule has 0 unspecified atom stereocenters. The van der Waals surface area contributed by atoms with Gasteiger partial charge in [-0.15, -0.1) is 0 Å². The van der Waals surface area contributed by atoms with Crippen LogP contribution in [0.3, 0.4) is 0 Å². The van der Waals surface area contributed by atoms with Gasteiger partial charge in [-0.2, -0.15) is 0 Å². The van der Waals surface area contributed by atoms with Crippen LogP contribution in [0.1, 0.15) is 12.8 Å². The van der Waals surface area contributed by atoms with E-state index in [1.165, 1.54) is 11.0 Å². The van der Waals surface area contributed by atoms with Crippen molar-refractivity contribution in [3.63, 3.8) is 0 Å². The molecule has 1 aromatic rings. The third-order valence-electron chi connectivity index (χ3n) is 3.88. The molecule has 7 heteroatoms. The lowest BCUT2D eigenvalue weighted by atomic mass is 9.97. The Morgan fingerprint density at radius 2 is 1.85 bits per heavy atom. The maximum Gasteiger partial charge on any atom is 0.415 e. The first-order valence-corrected chi connectivity index (χ1v) is 8.22. The Bertz CT molecular complexity index is 640. The van der Waals surface area contributed by atoms with E-state index < -0.39 is 21.5 Å². The molecule has 2 heterocycles. The number of carbonyl (C=O) groups is 1. The van der Waals surface area contributed by atoms with Crippen molar-refractivity contribution in [1.29, 1.82) is 0 Å². The highest BCUT2D eigenvalue weighted by Gasteiger charge is 2.49. The van der Waals surface area contributed by atoms with Crippen LogP contribution in [0.5, 0.6) is 5.75 Å². The molecule has 1 N–H and O–H groups in total. The molecule has 0 saturated carbocycles. The van der Waals surface area contributed by atoms with Gasteiger partial charge in [0, 0.05) is 12.8 Å². The third-order valence-corrected chi connectivity index (χ3v) is 5.53.